The SMILES string of the molecule is COc1ccc(CNC(=O)CC[C@@H](C)[C@@H]2CC[C@@H]3[C@@H]4[C@H](O)C[C@H]5C[C@H](O)CC[C@]5(C)[C@@H]4C[C@H](O)[C@@]32C)cc1. The monoisotopic (exact) mass is 527 g/mol. The molecule has 0 heterocycles. The first-order valence-corrected chi connectivity index (χ1v) is 15.0. The molecule has 38 heavy (non-hydrogen) atoms. The van der Waals surface area contributed by atoms with Crippen LogP contribution in [0, 0.1) is 46.3 Å². The molecule has 0 radical (unpaired) electrons. The Morgan fingerprint density at radius 2 is 1.79 bits per heavy atom. The van der Waals surface area contributed by atoms with Crippen molar-refractivity contribution in [3.63, 3.8) is 0 Å². The molecule has 4 saturated carbocycles. The smallest absolute Gasteiger partial charge is 0.220 e. The fraction of sp³-hybridized carbons (Fsp3) is 0.781. The van der Waals surface area contributed by atoms with E-state index in [0.29, 0.717) is 42.6 Å². The molecule has 5 rings (SSSR count). The van der Waals surface area contributed by atoms with E-state index in [4.69, 9.17) is 4.74 Å². The van der Waals surface area contributed by atoms with Crippen LogP contribution < -0.4 is 10.1 Å². The average Bonchev–Trinajstić information content (AvgIpc) is 3.26. The predicted octanol–water partition coefficient (Wildman–Crippen LogP) is 4.69. The number of carbonyl (C=O) groups is 1. The molecule has 0 unspecified atom stereocenters. The third-order valence-electron chi connectivity index (χ3n) is 12.0. The summed E-state index contributed by atoms with van der Waals surface area (Å²) in [6.07, 6.45) is 6.57. The number of amides is 1. The zero-order valence-electron chi connectivity index (χ0n) is 23.7. The number of carbonyl (C=O) groups excluding carboxylic acids is 1. The number of hydrogen-bond acceptors (Lipinski definition) is 5. The number of rotatable bonds is 7. The Bertz CT molecular complexity index is 983. The number of fused-ring (bicyclic) bond motifs is 5. The van der Waals surface area contributed by atoms with Crippen molar-refractivity contribution in [2.24, 2.45) is 46.3 Å². The molecule has 6 nitrogen and oxygen atoms in total. The summed E-state index contributed by atoms with van der Waals surface area (Å²) in [5.74, 6) is 2.75. The van der Waals surface area contributed by atoms with Crippen molar-refractivity contribution in [3.8, 4) is 5.75 Å². The van der Waals surface area contributed by atoms with Gasteiger partial charge in [0, 0.05) is 13.0 Å². The highest BCUT2D eigenvalue weighted by molar-refractivity contribution is 5.75. The summed E-state index contributed by atoms with van der Waals surface area (Å²) >= 11 is 0. The second-order valence-electron chi connectivity index (χ2n) is 13.7. The lowest BCUT2D eigenvalue weighted by Crippen LogP contribution is -2.62. The van der Waals surface area contributed by atoms with Crippen molar-refractivity contribution < 1.29 is 24.9 Å². The van der Waals surface area contributed by atoms with Crippen LogP contribution in [0.15, 0.2) is 24.3 Å². The molecule has 4 aliphatic carbocycles. The number of hydrogen-bond donors (Lipinski definition) is 4. The fourth-order valence-electron chi connectivity index (χ4n) is 9.72. The van der Waals surface area contributed by atoms with E-state index in [2.05, 4.69) is 26.1 Å². The van der Waals surface area contributed by atoms with E-state index in [1.54, 1.807) is 7.11 Å². The van der Waals surface area contributed by atoms with Gasteiger partial charge in [-0.3, -0.25) is 4.79 Å². The Morgan fingerprint density at radius 3 is 2.50 bits per heavy atom. The van der Waals surface area contributed by atoms with Gasteiger partial charge in [-0.05, 0) is 115 Å². The Morgan fingerprint density at radius 1 is 1.05 bits per heavy atom. The molecule has 4 N–H and O–H groups in total. The van der Waals surface area contributed by atoms with Crippen molar-refractivity contribution in [2.45, 2.75) is 103 Å². The molecular formula is C32H49NO5. The molecule has 212 valence electrons. The maximum atomic E-state index is 12.7. The predicted molar refractivity (Wildman–Crippen MR) is 147 cm³/mol. The first kappa shape index (κ1) is 27.9. The van der Waals surface area contributed by atoms with Gasteiger partial charge < -0.3 is 25.4 Å². The highest BCUT2D eigenvalue weighted by Crippen LogP contribution is 2.68. The molecule has 1 aromatic carbocycles. The fourth-order valence-corrected chi connectivity index (χ4v) is 9.72. The van der Waals surface area contributed by atoms with E-state index in [1.807, 2.05) is 24.3 Å². The van der Waals surface area contributed by atoms with Crippen LogP contribution in [0.1, 0.15) is 84.1 Å². The minimum Gasteiger partial charge on any atom is -0.497 e. The van der Waals surface area contributed by atoms with Crippen molar-refractivity contribution >= 4 is 5.91 Å². The molecule has 0 saturated heterocycles. The maximum Gasteiger partial charge on any atom is 0.220 e. The number of aliphatic hydroxyl groups is 3. The first-order valence-electron chi connectivity index (χ1n) is 15.0. The number of nitrogens with one attached hydrogen (secondary N) is 1. The lowest BCUT2D eigenvalue weighted by atomic mass is 9.43. The van der Waals surface area contributed by atoms with Crippen LogP contribution in [0.2, 0.25) is 0 Å². The Kier molecular flexibility index (Phi) is 7.89. The Hall–Kier alpha value is -1.63. The molecule has 4 aliphatic rings. The lowest BCUT2D eigenvalue weighted by Gasteiger charge is -2.63. The molecule has 4 fully saturated rings. The number of methoxy groups -OCH3 is 1. The van der Waals surface area contributed by atoms with Crippen molar-refractivity contribution in [2.75, 3.05) is 7.11 Å². The molecule has 6 heteroatoms. The normalized spacial score (nSPS) is 42.9. The molecule has 0 aromatic heterocycles. The summed E-state index contributed by atoms with van der Waals surface area (Å²) in [7, 11) is 1.64. The van der Waals surface area contributed by atoms with Crippen LogP contribution in [-0.2, 0) is 11.3 Å². The Labute approximate surface area is 228 Å². The van der Waals surface area contributed by atoms with E-state index < -0.39 is 0 Å². The molecule has 0 aliphatic heterocycles. The molecule has 1 aromatic rings. The van der Waals surface area contributed by atoms with Gasteiger partial charge in [-0.1, -0.05) is 32.9 Å². The summed E-state index contributed by atoms with van der Waals surface area (Å²) in [5.41, 5.74) is 0.919. The standard InChI is InChI=1S/C32H49NO5/c1-19(5-12-29(37)33-18-20-6-8-23(38-4)9-7-20)24-10-11-25-30-26(17-28(36)32(24,25)3)31(2)14-13-22(34)15-21(31)16-27(30)35/h6-9,19,21-22,24-28,30,34-36H,5,10-18H2,1-4H3,(H,33,37)/t19-,21-,22-,24+,25-,26-,27-,28+,30+,31+,32-/m1/s1. The lowest BCUT2D eigenvalue weighted by molar-refractivity contribution is -0.207. The van der Waals surface area contributed by atoms with E-state index >= 15 is 0 Å². The summed E-state index contributed by atoms with van der Waals surface area (Å²) in [4.78, 5) is 12.7. The van der Waals surface area contributed by atoms with Gasteiger partial charge in [0.25, 0.3) is 0 Å². The zero-order valence-corrected chi connectivity index (χ0v) is 23.7. The van der Waals surface area contributed by atoms with Crippen molar-refractivity contribution in [1.29, 1.82) is 0 Å². The maximum absolute atomic E-state index is 12.7. The van der Waals surface area contributed by atoms with Gasteiger partial charge in [0.1, 0.15) is 5.75 Å². The van der Waals surface area contributed by atoms with Crippen molar-refractivity contribution in [1.82, 2.24) is 5.32 Å². The highest BCUT2D eigenvalue weighted by atomic mass is 16.5. The molecule has 0 bridgehead atoms. The van der Waals surface area contributed by atoms with E-state index in [9.17, 15) is 20.1 Å². The third-order valence-corrected chi connectivity index (χ3v) is 12.0. The first-order chi connectivity index (χ1) is 18.1. The summed E-state index contributed by atoms with van der Waals surface area (Å²) in [6.45, 7) is 7.42. The Balaban J connectivity index is 1.22. The van der Waals surface area contributed by atoms with Crippen LogP contribution in [-0.4, -0.2) is 46.6 Å². The van der Waals surface area contributed by atoms with Gasteiger partial charge in [-0.2, -0.15) is 0 Å². The molecule has 0 spiro atoms. The third kappa shape index (κ3) is 4.79. The van der Waals surface area contributed by atoms with Crippen LogP contribution >= 0.6 is 0 Å². The highest BCUT2D eigenvalue weighted by Gasteiger charge is 2.65. The van der Waals surface area contributed by atoms with Gasteiger partial charge >= 0.3 is 0 Å². The number of ether oxygens (including phenoxy) is 1. The minimum atomic E-state index is -0.387. The molecule has 1 amide bonds. The van der Waals surface area contributed by atoms with Crippen LogP contribution in [0.4, 0.5) is 0 Å². The van der Waals surface area contributed by atoms with Crippen LogP contribution in [0.5, 0.6) is 5.75 Å². The summed E-state index contributed by atoms with van der Waals surface area (Å²) in [6, 6.07) is 7.75. The van der Waals surface area contributed by atoms with E-state index in [0.717, 1.165) is 62.7 Å². The van der Waals surface area contributed by atoms with Gasteiger partial charge in [0.2, 0.25) is 5.91 Å². The van der Waals surface area contributed by atoms with E-state index in [-0.39, 0.29) is 41.0 Å². The molecular weight excluding hydrogens is 478 g/mol. The van der Waals surface area contributed by atoms with Crippen LogP contribution in [0.3, 0.4) is 0 Å². The quantitative estimate of drug-likeness (QED) is 0.412. The number of benzene rings is 1. The second-order valence-corrected chi connectivity index (χ2v) is 13.7. The summed E-state index contributed by atoms with van der Waals surface area (Å²) < 4.78 is 5.20. The minimum absolute atomic E-state index is 0.0674. The average molecular weight is 528 g/mol. The van der Waals surface area contributed by atoms with Crippen LogP contribution in [0.25, 0.3) is 0 Å². The summed E-state index contributed by atoms with van der Waals surface area (Å²) in [5, 5.41) is 36.6. The van der Waals surface area contributed by atoms with Crippen molar-refractivity contribution in [3.05, 3.63) is 29.8 Å². The topological polar surface area (TPSA) is 99.0 Å². The largest absolute Gasteiger partial charge is 0.497 e. The van der Waals surface area contributed by atoms with Gasteiger partial charge in [-0.15, -0.1) is 0 Å². The number of aliphatic hydroxyl groups excluding tert-OH is 3. The van der Waals surface area contributed by atoms with Gasteiger partial charge in [0.15, 0.2) is 0 Å². The molecule has 11 atom stereocenters. The van der Waals surface area contributed by atoms with E-state index in [1.165, 1.54) is 0 Å². The van der Waals surface area contributed by atoms with Gasteiger partial charge in [-0.25, -0.2) is 0 Å². The zero-order chi connectivity index (χ0) is 27.2. The van der Waals surface area contributed by atoms with Gasteiger partial charge in [0.05, 0.1) is 25.4 Å². The second kappa shape index (κ2) is 10.7.